The number of nitrogens with zero attached hydrogens (tertiary/aromatic N) is 1. The standard InChI is InChI=1S/C20H19ClN2O2/c1-14(16-7-3-2-4-8-16)10-18-12-19(25-23-18)20(24)22-13-15-6-5-9-17(21)11-15/h2-9,11-12,14H,10,13H2,1H3,(H,22,24)/t14-/m1/s1. The SMILES string of the molecule is C[C@H](Cc1cc(C(=O)NCc2cccc(Cl)c2)on1)c1ccccc1. The van der Waals surface area contributed by atoms with E-state index >= 15 is 0 Å². The van der Waals surface area contributed by atoms with Crippen molar-refractivity contribution < 1.29 is 9.32 Å². The molecule has 0 bridgehead atoms. The molecule has 0 saturated heterocycles. The normalized spacial score (nSPS) is 11.9. The number of hydrogen-bond donors (Lipinski definition) is 1. The predicted molar refractivity (Wildman–Crippen MR) is 97.7 cm³/mol. The quantitative estimate of drug-likeness (QED) is 0.703. The van der Waals surface area contributed by atoms with Gasteiger partial charge in [0.15, 0.2) is 0 Å². The average Bonchev–Trinajstić information content (AvgIpc) is 3.09. The summed E-state index contributed by atoms with van der Waals surface area (Å²) in [6.45, 7) is 2.51. The van der Waals surface area contributed by atoms with E-state index in [0.717, 1.165) is 17.7 Å². The molecule has 0 radical (unpaired) electrons. The van der Waals surface area contributed by atoms with E-state index in [-0.39, 0.29) is 11.7 Å². The van der Waals surface area contributed by atoms with E-state index in [1.807, 2.05) is 36.4 Å². The average molecular weight is 355 g/mol. The van der Waals surface area contributed by atoms with E-state index in [0.29, 0.717) is 17.5 Å². The van der Waals surface area contributed by atoms with Gasteiger partial charge in [-0.1, -0.05) is 66.1 Å². The summed E-state index contributed by atoms with van der Waals surface area (Å²) in [5.74, 6) is 0.233. The van der Waals surface area contributed by atoms with Crippen LogP contribution in [0.5, 0.6) is 0 Å². The molecular weight excluding hydrogens is 336 g/mol. The Kier molecular flexibility index (Phi) is 5.51. The van der Waals surface area contributed by atoms with Gasteiger partial charge >= 0.3 is 0 Å². The fourth-order valence-electron chi connectivity index (χ4n) is 2.64. The largest absolute Gasteiger partial charge is 0.351 e. The van der Waals surface area contributed by atoms with Gasteiger partial charge in [0.05, 0.1) is 5.69 Å². The molecule has 128 valence electrons. The summed E-state index contributed by atoms with van der Waals surface area (Å²) in [4.78, 5) is 12.2. The summed E-state index contributed by atoms with van der Waals surface area (Å²) in [5.41, 5.74) is 2.93. The second-order valence-electron chi connectivity index (χ2n) is 6.01. The molecule has 0 aliphatic carbocycles. The highest BCUT2D eigenvalue weighted by Gasteiger charge is 2.15. The molecule has 3 rings (SSSR count). The zero-order valence-electron chi connectivity index (χ0n) is 13.9. The summed E-state index contributed by atoms with van der Waals surface area (Å²) < 4.78 is 5.19. The Morgan fingerprint density at radius 2 is 1.96 bits per heavy atom. The van der Waals surface area contributed by atoms with Crippen molar-refractivity contribution in [1.29, 1.82) is 0 Å². The molecule has 0 spiro atoms. The number of carbonyl (C=O) groups excluding carboxylic acids is 1. The molecule has 0 aliphatic rings. The molecule has 0 unspecified atom stereocenters. The van der Waals surface area contributed by atoms with Crippen LogP contribution < -0.4 is 5.32 Å². The first-order valence-electron chi connectivity index (χ1n) is 8.15. The number of hydrogen-bond acceptors (Lipinski definition) is 3. The van der Waals surface area contributed by atoms with Crippen molar-refractivity contribution in [2.24, 2.45) is 0 Å². The Morgan fingerprint density at radius 3 is 2.72 bits per heavy atom. The molecule has 0 aliphatic heterocycles. The summed E-state index contributed by atoms with van der Waals surface area (Å²) in [6.07, 6.45) is 0.717. The van der Waals surface area contributed by atoms with Crippen LogP contribution in [0.15, 0.2) is 65.2 Å². The molecule has 2 aromatic carbocycles. The van der Waals surface area contributed by atoms with Crippen molar-refractivity contribution in [2.45, 2.75) is 25.8 Å². The van der Waals surface area contributed by atoms with Crippen molar-refractivity contribution in [2.75, 3.05) is 0 Å². The third kappa shape index (κ3) is 4.70. The topological polar surface area (TPSA) is 55.1 Å². The molecule has 1 atom stereocenters. The summed E-state index contributed by atoms with van der Waals surface area (Å²) in [7, 11) is 0. The van der Waals surface area contributed by atoms with E-state index in [4.69, 9.17) is 16.1 Å². The van der Waals surface area contributed by atoms with Crippen LogP contribution in [0, 0.1) is 0 Å². The van der Waals surface area contributed by atoms with Gasteiger partial charge in [0.2, 0.25) is 5.76 Å². The first-order valence-corrected chi connectivity index (χ1v) is 8.53. The molecule has 4 nitrogen and oxygen atoms in total. The zero-order chi connectivity index (χ0) is 17.6. The molecule has 1 aromatic heterocycles. The number of halogens is 1. The number of nitrogens with one attached hydrogen (secondary N) is 1. The van der Waals surface area contributed by atoms with Gasteiger partial charge < -0.3 is 9.84 Å². The molecule has 3 aromatic rings. The van der Waals surface area contributed by atoms with Crippen LogP contribution in [-0.2, 0) is 13.0 Å². The van der Waals surface area contributed by atoms with Gasteiger partial charge in [-0.15, -0.1) is 0 Å². The molecule has 0 saturated carbocycles. The van der Waals surface area contributed by atoms with E-state index in [1.54, 1.807) is 12.1 Å². The maximum absolute atomic E-state index is 12.2. The van der Waals surface area contributed by atoms with Crippen LogP contribution in [0.1, 0.15) is 40.2 Å². The van der Waals surface area contributed by atoms with Crippen LogP contribution in [-0.4, -0.2) is 11.1 Å². The minimum Gasteiger partial charge on any atom is -0.351 e. The van der Waals surface area contributed by atoms with Gasteiger partial charge in [-0.3, -0.25) is 4.79 Å². The highest BCUT2D eigenvalue weighted by Crippen LogP contribution is 2.20. The number of benzene rings is 2. The Labute approximate surface area is 151 Å². The highest BCUT2D eigenvalue weighted by atomic mass is 35.5. The molecule has 25 heavy (non-hydrogen) atoms. The molecule has 1 heterocycles. The second kappa shape index (κ2) is 7.99. The van der Waals surface area contributed by atoms with Gasteiger partial charge in [-0.05, 0) is 35.6 Å². The fourth-order valence-corrected chi connectivity index (χ4v) is 2.86. The van der Waals surface area contributed by atoms with Crippen molar-refractivity contribution in [1.82, 2.24) is 10.5 Å². The molecule has 1 N–H and O–H groups in total. The van der Waals surface area contributed by atoms with Crippen molar-refractivity contribution >= 4 is 17.5 Å². The third-order valence-corrected chi connectivity index (χ3v) is 4.24. The lowest BCUT2D eigenvalue weighted by atomic mass is 9.96. The lowest BCUT2D eigenvalue weighted by Gasteiger charge is -2.08. The maximum atomic E-state index is 12.2. The molecule has 5 heteroatoms. The van der Waals surface area contributed by atoms with Crippen LogP contribution in [0.4, 0.5) is 0 Å². The van der Waals surface area contributed by atoms with E-state index in [9.17, 15) is 4.79 Å². The Bertz CT molecular complexity index is 846. The first kappa shape index (κ1) is 17.2. The maximum Gasteiger partial charge on any atom is 0.290 e. The monoisotopic (exact) mass is 354 g/mol. The molecular formula is C20H19ClN2O2. The minimum atomic E-state index is -0.286. The number of carbonyl (C=O) groups is 1. The Balaban J connectivity index is 1.58. The fraction of sp³-hybridized carbons (Fsp3) is 0.200. The summed E-state index contributed by atoms with van der Waals surface area (Å²) >= 11 is 5.94. The number of rotatable bonds is 6. The number of amides is 1. The van der Waals surface area contributed by atoms with E-state index < -0.39 is 0 Å². The van der Waals surface area contributed by atoms with Crippen LogP contribution in [0.25, 0.3) is 0 Å². The van der Waals surface area contributed by atoms with Crippen LogP contribution in [0.2, 0.25) is 5.02 Å². The van der Waals surface area contributed by atoms with Gasteiger partial charge in [-0.2, -0.15) is 0 Å². The third-order valence-electron chi connectivity index (χ3n) is 4.01. The smallest absolute Gasteiger partial charge is 0.290 e. The van der Waals surface area contributed by atoms with E-state index in [2.05, 4.69) is 29.5 Å². The van der Waals surface area contributed by atoms with Crippen LogP contribution >= 0.6 is 11.6 Å². The lowest BCUT2D eigenvalue weighted by Crippen LogP contribution is -2.22. The highest BCUT2D eigenvalue weighted by molar-refractivity contribution is 6.30. The van der Waals surface area contributed by atoms with Gasteiger partial charge in [0.25, 0.3) is 5.91 Å². The van der Waals surface area contributed by atoms with Gasteiger partial charge in [-0.25, -0.2) is 0 Å². The summed E-state index contributed by atoms with van der Waals surface area (Å²) in [6, 6.07) is 19.3. The second-order valence-corrected chi connectivity index (χ2v) is 6.45. The predicted octanol–water partition coefficient (Wildman–Crippen LogP) is 4.60. The van der Waals surface area contributed by atoms with E-state index in [1.165, 1.54) is 5.56 Å². The lowest BCUT2D eigenvalue weighted by molar-refractivity contribution is 0.0914. The van der Waals surface area contributed by atoms with Gasteiger partial charge in [0, 0.05) is 17.6 Å². The van der Waals surface area contributed by atoms with Crippen LogP contribution in [0.3, 0.4) is 0 Å². The van der Waals surface area contributed by atoms with Crippen molar-refractivity contribution in [3.63, 3.8) is 0 Å². The van der Waals surface area contributed by atoms with Gasteiger partial charge in [0.1, 0.15) is 0 Å². The zero-order valence-corrected chi connectivity index (χ0v) is 14.7. The molecule has 1 amide bonds. The minimum absolute atomic E-state index is 0.220. The molecule has 0 fully saturated rings. The Hall–Kier alpha value is -2.59. The van der Waals surface area contributed by atoms with Crippen molar-refractivity contribution in [3.8, 4) is 0 Å². The number of aromatic nitrogens is 1. The Morgan fingerprint density at radius 1 is 1.16 bits per heavy atom. The van der Waals surface area contributed by atoms with Crippen molar-refractivity contribution in [3.05, 3.63) is 88.3 Å². The first-order chi connectivity index (χ1) is 12.1. The summed E-state index contributed by atoms with van der Waals surface area (Å²) in [5, 5.41) is 7.47.